The second-order valence-electron chi connectivity index (χ2n) is 4.51. The maximum atomic E-state index is 12.2. The molecule has 0 aliphatic heterocycles. The van der Waals surface area contributed by atoms with E-state index in [-0.39, 0.29) is 11.5 Å². The lowest BCUT2D eigenvalue weighted by Gasteiger charge is -2.07. The number of benzene rings is 1. The Hall–Kier alpha value is -3.15. The van der Waals surface area contributed by atoms with Gasteiger partial charge in [0.2, 0.25) is 11.2 Å². The van der Waals surface area contributed by atoms with Crippen LogP contribution in [0.5, 0.6) is 5.75 Å². The van der Waals surface area contributed by atoms with Crippen LogP contribution < -0.4 is 15.5 Å². The van der Waals surface area contributed by atoms with Gasteiger partial charge in [0.25, 0.3) is 5.91 Å². The number of nitrogens with zero attached hydrogens (tertiary/aromatic N) is 1. The zero-order valence-corrected chi connectivity index (χ0v) is 11.7. The van der Waals surface area contributed by atoms with E-state index in [9.17, 15) is 9.59 Å². The summed E-state index contributed by atoms with van der Waals surface area (Å²) in [4.78, 5) is 28.1. The molecule has 110 valence electrons. The van der Waals surface area contributed by atoms with Gasteiger partial charge < -0.3 is 14.5 Å². The van der Waals surface area contributed by atoms with E-state index < -0.39 is 11.3 Å². The first-order valence-electron chi connectivity index (χ1n) is 6.51. The molecule has 0 aliphatic carbocycles. The van der Waals surface area contributed by atoms with E-state index in [1.165, 1.54) is 7.11 Å². The van der Waals surface area contributed by atoms with E-state index in [2.05, 4.69) is 10.3 Å². The third-order valence-electron chi connectivity index (χ3n) is 3.12. The van der Waals surface area contributed by atoms with Crippen molar-refractivity contribution < 1.29 is 13.9 Å². The highest BCUT2D eigenvalue weighted by Gasteiger charge is 2.13. The van der Waals surface area contributed by atoms with E-state index in [1.54, 1.807) is 12.3 Å². The first-order valence-corrected chi connectivity index (χ1v) is 6.51. The summed E-state index contributed by atoms with van der Waals surface area (Å²) < 4.78 is 9.93. The molecule has 0 saturated carbocycles. The molecule has 1 amide bonds. The second-order valence-corrected chi connectivity index (χ2v) is 4.51. The van der Waals surface area contributed by atoms with Gasteiger partial charge in [-0.3, -0.25) is 14.6 Å². The SMILES string of the molecule is COc1coc(C(=O)Nc2cccc3cccnc23)cc1=O. The molecule has 2 aromatic heterocycles. The van der Waals surface area contributed by atoms with Gasteiger partial charge >= 0.3 is 0 Å². The van der Waals surface area contributed by atoms with Crippen molar-refractivity contribution >= 4 is 22.5 Å². The van der Waals surface area contributed by atoms with E-state index in [0.29, 0.717) is 11.2 Å². The number of carbonyl (C=O) groups is 1. The van der Waals surface area contributed by atoms with Crippen molar-refractivity contribution in [2.24, 2.45) is 0 Å². The Morgan fingerprint density at radius 2 is 2.09 bits per heavy atom. The van der Waals surface area contributed by atoms with Gasteiger partial charge in [0.05, 0.1) is 18.3 Å². The number of carbonyl (C=O) groups excluding carboxylic acids is 1. The molecule has 0 spiro atoms. The van der Waals surface area contributed by atoms with Crippen molar-refractivity contribution in [2.75, 3.05) is 12.4 Å². The van der Waals surface area contributed by atoms with Gasteiger partial charge in [0.15, 0.2) is 5.76 Å². The van der Waals surface area contributed by atoms with Crippen LogP contribution >= 0.6 is 0 Å². The van der Waals surface area contributed by atoms with Crippen LogP contribution in [0, 0.1) is 0 Å². The lowest BCUT2D eigenvalue weighted by molar-refractivity contribution is 0.0994. The average molecular weight is 296 g/mol. The molecule has 0 aliphatic rings. The molecule has 3 rings (SSSR count). The normalized spacial score (nSPS) is 10.4. The van der Waals surface area contributed by atoms with E-state index in [1.807, 2.05) is 24.3 Å². The minimum absolute atomic E-state index is 0.0448. The molecule has 0 saturated heterocycles. The Balaban J connectivity index is 1.93. The zero-order chi connectivity index (χ0) is 15.5. The summed E-state index contributed by atoms with van der Waals surface area (Å²) in [6, 6.07) is 10.2. The van der Waals surface area contributed by atoms with Gasteiger partial charge in [0, 0.05) is 17.6 Å². The van der Waals surface area contributed by atoms with Crippen LogP contribution in [0.4, 0.5) is 5.69 Å². The monoisotopic (exact) mass is 296 g/mol. The van der Waals surface area contributed by atoms with E-state index in [0.717, 1.165) is 17.7 Å². The summed E-state index contributed by atoms with van der Waals surface area (Å²) in [6.07, 6.45) is 2.75. The van der Waals surface area contributed by atoms with Gasteiger partial charge in [0.1, 0.15) is 6.26 Å². The van der Waals surface area contributed by atoms with Crippen LogP contribution in [0.15, 0.2) is 58.1 Å². The van der Waals surface area contributed by atoms with Crippen LogP contribution in [0.25, 0.3) is 10.9 Å². The summed E-state index contributed by atoms with van der Waals surface area (Å²) in [7, 11) is 1.35. The third-order valence-corrected chi connectivity index (χ3v) is 3.12. The number of pyridine rings is 1. The molecule has 1 N–H and O–H groups in total. The first kappa shape index (κ1) is 13.8. The molecule has 22 heavy (non-hydrogen) atoms. The lowest BCUT2D eigenvalue weighted by Crippen LogP contribution is -2.15. The molecule has 0 bridgehead atoms. The minimum atomic E-state index is -0.530. The van der Waals surface area contributed by atoms with Crippen molar-refractivity contribution in [3.63, 3.8) is 0 Å². The summed E-state index contributed by atoms with van der Waals surface area (Å²) in [6.45, 7) is 0. The van der Waals surface area contributed by atoms with Gasteiger partial charge in [-0.1, -0.05) is 18.2 Å². The predicted molar refractivity (Wildman–Crippen MR) is 81.2 cm³/mol. The second kappa shape index (κ2) is 5.69. The maximum Gasteiger partial charge on any atom is 0.291 e. The standard InChI is InChI=1S/C16H12N2O4/c1-21-14-9-22-13(8-12(14)19)16(20)18-11-6-2-4-10-5-3-7-17-15(10)11/h2-9H,1H3,(H,18,20). The van der Waals surface area contributed by atoms with Gasteiger partial charge in [-0.05, 0) is 12.1 Å². The van der Waals surface area contributed by atoms with Crippen molar-refractivity contribution in [3.05, 3.63) is 64.8 Å². The molecule has 6 nitrogen and oxygen atoms in total. The Bertz CT molecular complexity index is 897. The summed E-state index contributed by atoms with van der Waals surface area (Å²) >= 11 is 0. The van der Waals surface area contributed by atoms with Crippen molar-refractivity contribution in [1.29, 1.82) is 0 Å². The summed E-state index contributed by atoms with van der Waals surface area (Å²) in [5.74, 6) is -0.583. The zero-order valence-electron chi connectivity index (χ0n) is 11.7. The van der Waals surface area contributed by atoms with Gasteiger partial charge in [-0.25, -0.2) is 0 Å². The molecular weight excluding hydrogens is 284 g/mol. The molecular formula is C16H12N2O4. The molecule has 0 atom stereocenters. The number of nitrogens with one attached hydrogen (secondary N) is 1. The summed E-state index contributed by atoms with van der Waals surface area (Å²) in [5, 5.41) is 3.59. The number of anilines is 1. The highest BCUT2D eigenvalue weighted by Crippen LogP contribution is 2.21. The molecule has 3 aromatic rings. The highest BCUT2D eigenvalue weighted by atomic mass is 16.5. The molecule has 2 heterocycles. The average Bonchev–Trinajstić information content (AvgIpc) is 2.55. The van der Waals surface area contributed by atoms with Crippen LogP contribution in [-0.2, 0) is 0 Å². The maximum absolute atomic E-state index is 12.2. The van der Waals surface area contributed by atoms with Crippen molar-refractivity contribution in [2.45, 2.75) is 0 Å². The third kappa shape index (κ3) is 2.54. The molecule has 0 radical (unpaired) electrons. The number of fused-ring (bicyclic) bond motifs is 1. The lowest BCUT2D eigenvalue weighted by atomic mass is 10.2. The highest BCUT2D eigenvalue weighted by molar-refractivity contribution is 6.06. The Kier molecular flexibility index (Phi) is 3.57. The fourth-order valence-corrected chi connectivity index (χ4v) is 2.06. The number of rotatable bonds is 3. The van der Waals surface area contributed by atoms with E-state index in [4.69, 9.17) is 9.15 Å². The Labute approximate surface area is 125 Å². The number of hydrogen-bond acceptors (Lipinski definition) is 5. The van der Waals surface area contributed by atoms with Crippen LogP contribution in [0.2, 0.25) is 0 Å². The fourth-order valence-electron chi connectivity index (χ4n) is 2.06. The number of hydrogen-bond donors (Lipinski definition) is 1. The minimum Gasteiger partial charge on any atom is -0.490 e. The van der Waals surface area contributed by atoms with Crippen LogP contribution in [0.1, 0.15) is 10.6 Å². The van der Waals surface area contributed by atoms with Crippen molar-refractivity contribution in [3.8, 4) is 5.75 Å². The Morgan fingerprint density at radius 1 is 1.27 bits per heavy atom. The van der Waals surface area contributed by atoms with Gasteiger partial charge in [-0.2, -0.15) is 0 Å². The smallest absolute Gasteiger partial charge is 0.291 e. The number of ether oxygens (including phenoxy) is 1. The molecule has 6 heteroatoms. The molecule has 0 unspecified atom stereocenters. The molecule has 1 aromatic carbocycles. The van der Waals surface area contributed by atoms with Gasteiger partial charge in [-0.15, -0.1) is 0 Å². The largest absolute Gasteiger partial charge is 0.490 e. The summed E-state index contributed by atoms with van der Waals surface area (Å²) in [5.41, 5.74) is 0.783. The topological polar surface area (TPSA) is 81.4 Å². The van der Waals surface area contributed by atoms with Crippen LogP contribution in [0.3, 0.4) is 0 Å². The Morgan fingerprint density at radius 3 is 2.86 bits per heavy atom. The van der Waals surface area contributed by atoms with Crippen LogP contribution in [-0.4, -0.2) is 18.0 Å². The van der Waals surface area contributed by atoms with E-state index >= 15 is 0 Å². The first-order chi connectivity index (χ1) is 10.7. The number of aromatic nitrogens is 1. The number of amides is 1. The quantitative estimate of drug-likeness (QED) is 0.803. The molecule has 0 fully saturated rings. The fraction of sp³-hybridized carbons (Fsp3) is 0.0625. The van der Waals surface area contributed by atoms with Crippen molar-refractivity contribution in [1.82, 2.24) is 4.98 Å². The predicted octanol–water partition coefficient (Wildman–Crippen LogP) is 2.45. The number of para-hydroxylation sites is 1. The number of methoxy groups -OCH3 is 1.